The molecule has 5 heteroatoms. The van der Waals surface area contributed by atoms with Crippen molar-refractivity contribution in [2.45, 2.75) is 32.2 Å². The lowest BCUT2D eigenvalue weighted by Gasteiger charge is -2.27. The van der Waals surface area contributed by atoms with Crippen LogP contribution in [-0.4, -0.2) is 21.8 Å². The second-order valence-electron chi connectivity index (χ2n) is 7.64. The van der Waals surface area contributed by atoms with Gasteiger partial charge in [-0.1, -0.05) is 29.8 Å². The van der Waals surface area contributed by atoms with Gasteiger partial charge in [0.15, 0.2) is 0 Å². The first-order chi connectivity index (χ1) is 13.6. The van der Waals surface area contributed by atoms with Gasteiger partial charge in [0.1, 0.15) is 5.75 Å². The normalized spacial score (nSPS) is 14.5. The molecule has 1 aliphatic rings. The monoisotopic (exact) mass is 373 g/mol. The maximum Gasteiger partial charge on any atom is 0.203 e. The summed E-state index contributed by atoms with van der Waals surface area (Å²) in [5.74, 6) is 1.03. The quantitative estimate of drug-likeness (QED) is 0.518. The van der Waals surface area contributed by atoms with E-state index in [0.29, 0.717) is 17.1 Å². The number of pyridine rings is 1. The molecular formula is C23H23N3O2. The standard InChI is InChI=1S/C23H23N3O2/c1-13-9-10-19(28-2)17(11-13)15-7-4-8-16-21(24)20-18(25-22(15)16)12-26(23(20)27)14-5-3-6-14/h4,7-12,14,27H,3,5-6,24H2,1-2H3. The number of methoxy groups -OCH3 is 1. The van der Waals surface area contributed by atoms with Gasteiger partial charge in [-0.15, -0.1) is 0 Å². The number of aromatic hydroxyl groups is 1. The number of hydrogen-bond acceptors (Lipinski definition) is 4. The van der Waals surface area contributed by atoms with Gasteiger partial charge >= 0.3 is 0 Å². The molecule has 0 radical (unpaired) electrons. The number of para-hydroxylation sites is 1. The van der Waals surface area contributed by atoms with Crippen molar-refractivity contribution in [3.63, 3.8) is 0 Å². The Labute approximate surface area is 163 Å². The Hall–Kier alpha value is -3.21. The molecule has 0 aliphatic heterocycles. The average Bonchev–Trinajstić information content (AvgIpc) is 2.96. The smallest absolute Gasteiger partial charge is 0.203 e. The number of anilines is 1. The Morgan fingerprint density at radius 3 is 2.71 bits per heavy atom. The minimum Gasteiger partial charge on any atom is -0.496 e. The van der Waals surface area contributed by atoms with Crippen LogP contribution in [0.25, 0.3) is 32.9 Å². The zero-order valence-electron chi connectivity index (χ0n) is 16.1. The van der Waals surface area contributed by atoms with E-state index in [9.17, 15) is 5.11 Å². The second kappa shape index (κ2) is 6.16. The molecule has 0 bridgehead atoms. The molecule has 0 atom stereocenters. The number of aryl methyl sites for hydroxylation is 1. The van der Waals surface area contributed by atoms with Gasteiger partial charge < -0.3 is 20.1 Å². The van der Waals surface area contributed by atoms with Crippen molar-refractivity contribution < 1.29 is 9.84 Å². The average molecular weight is 373 g/mol. The third-order valence-corrected chi connectivity index (χ3v) is 5.93. The maximum atomic E-state index is 10.8. The van der Waals surface area contributed by atoms with Crippen LogP contribution in [0.15, 0.2) is 42.6 Å². The van der Waals surface area contributed by atoms with Gasteiger partial charge in [0.2, 0.25) is 5.88 Å². The fourth-order valence-corrected chi connectivity index (χ4v) is 4.17. The number of aromatic nitrogens is 2. The molecule has 1 saturated carbocycles. The Morgan fingerprint density at radius 2 is 2.00 bits per heavy atom. The summed E-state index contributed by atoms with van der Waals surface area (Å²) in [6, 6.07) is 12.4. The van der Waals surface area contributed by atoms with E-state index in [0.717, 1.165) is 51.7 Å². The zero-order chi connectivity index (χ0) is 19.4. The fraction of sp³-hybridized carbons (Fsp3) is 0.261. The highest BCUT2D eigenvalue weighted by molar-refractivity contribution is 6.12. The number of ether oxygens (including phenoxy) is 1. The van der Waals surface area contributed by atoms with Crippen LogP contribution in [0.1, 0.15) is 30.9 Å². The molecule has 0 unspecified atom stereocenters. The Balaban J connectivity index is 1.82. The summed E-state index contributed by atoms with van der Waals surface area (Å²) in [5, 5.41) is 12.3. The Morgan fingerprint density at radius 1 is 1.18 bits per heavy atom. The first-order valence-corrected chi connectivity index (χ1v) is 9.65. The first kappa shape index (κ1) is 16.9. The van der Waals surface area contributed by atoms with E-state index in [-0.39, 0.29) is 5.88 Å². The van der Waals surface area contributed by atoms with Crippen molar-refractivity contribution in [1.29, 1.82) is 0 Å². The maximum absolute atomic E-state index is 10.8. The van der Waals surface area contributed by atoms with E-state index in [4.69, 9.17) is 15.5 Å². The number of nitrogen functional groups attached to an aromatic ring is 1. The predicted octanol–water partition coefficient (Wildman–Crippen LogP) is 5.19. The van der Waals surface area contributed by atoms with Crippen molar-refractivity contribution in [3.05, 3.63) is 48.2 Å². The lowest BCUT2D eigenvalue weighted by Crippen LogP contribution is -2.15. The highest BCUT2D eigenvalue weighted by atomic mass is 16.5. The molecule has 2 aromatic carbocycles. The van der Waals surface area contributed by atoms with Crippen LogP contribution in [0.4, 0.5) is 5.69 Å². The van der Waals surface area contributed by atoms with Crippen LogP contribution in [0, 0.1) is 6.92 Å². The van der Waals surface area contributed by atoms with Gasteiger partial charge in [-0.2, -0.15) is 0 Å². The predicted molar refractivity (Wildman–Crippen MR) is 113 cm³/mol. The molecule has 4 aromatic rings. The van der Waals surface area contributed by atoms with Crippen molar-refractivity contribution in [1.82, 2.24) is 9.55 Å². The Bertz CT molecular complexity index is 1220. The van der Waals surface area contributed by atoms with Crippen LogP contribution in [0.3, 0.4) is 0 Å². The molecule has 2 heterocycles. The molecule has 28 heavy (non-hydrogen) atoms. The van der Waals surface area contributed by atoms with Gasteiger partial charge in [-0.25, -0.2) is 4.98 Å². The Kier molecular flexibility index (Phi) is 3.72. The topological polar surface area (TPSA) is 73.3 Å². The number of benzene rings is 2. The third-order valence-electron chi connectivity index (χ3n) is 5.93. The van der Waals surface area contributed by atoms with E-state index in [2.05, 4.69) is 13.0 Å². The van der Waals surface area contributed by atoms with Gasteiger partial charge in [0.25, 0.3) is 0 Å². The molecule has 1 fully saturated rings. The molecule has 2 aromatic heterocycles. The molecule has 0 spiro atoms. The SMILES string of the molecule is COc1ccc(C)cc1-c1cccc2c(N)c3c(O)n(C4CCC4)cc3nc12. The third kappa shape index (κ3) is 2.35. The second-order valence-corrected chi connectivity index (χ2v) is 7.64. The van der Waals surface area contributed by atoms with Crippen LogP contribution in [-0.2, 0) is 0 Å². The fourth-order valence-electron chi connectivity index (χ4n) is 4.17. The van der Waals surface area contributed by atoms with E-state index in [1.165, 1.54) is 6.42 Å². The summed E-state index contributed by atoms with van der Waals surface area (Å²) in [5.41, 5.74) is 11.8. The molecule has 1 aliphatic carbocycles. The summed E-state index contributed by atoms with van der Waals surface area (Å²) in [6.07, 6.45) is 5.30. The van der Waals surface area contributed by atoms with Crippen LogP contribution >= 0.6 is 0 Å². The molecule has 142 valence electrons. The zero-order valence-corrected chi connectivity index (χ0v) is 16.1. The van der Waals surface area contributed by atoms with Crippen molar-refractivity contribution in [3.8, 4) is 22.8 Å². The summed E-state index contributed by atoms with van der Waals surface area (Å²) < 4.78 is 7.53. The van der Waals surface area contributed by atoms with E-state index < -0.39 is 0 Å². The van der Waals surface area contributed by atoms with Crippen LogP contribution in [0.2, 0.25) is 0 Å². The highest BCUT2D eigenvalue weighted by Gasteiger charge is 2.25. The van der Waals surface area contributed by atoms with E-state index in [1.54, 1.807) is 7.11 Å². The van der Waals surface area contributed by atoms with Gasteiger partial charge in [-0.05, 0) is 38.3 Å². The summed E-state index contributed by atoms with van der Waals surface area (Å²) in [6.45, 7) is 2.06. The number of nitrogens with zero attached hydrogens (tertiary/aromatic N) is 2. The minimum atomic E-state index is 0.227. The van der Waals surface area contributed by atoms with Gasteiger partial charge in [0, 0.05) is 28.8 Å². The van der Waals surface area contributed by atoms with E-state index in [1.807, 2.05) is 41.1 Å². The molecular weight excluding hydrogens is 350 g/mol. The highest BCUT2D eigenvalue weighted by Crippen LogP contribution is 2.44. The number of fused-ring (bicyclic) bond motifs is 2. The van der Waals surface area contributed by atoms with E-state index >= 15 is 0 Å². The molecule has 0 amide bonds. The number of hydrogen-bond donors (Lipinski definition) is 2. The van der Waals surface area contributed by atoms with Crippen molar-refractivity contribution in [2.75, 3.05) is 12.8 Å². The first-order valence-electron chi connectivity index (χ1n) is 9.65. The number of nitrogens with two attached hydrogens (primary N) is 1. The summed E-state index contributed by atoms with van der Waals surface area (Å²) in [7, 11) is 1.68. The number of rotatable bonds is 3. The summed E-state index contributed by atoms with van der Waals surface area (Å²) in [4.78, 5) is 4.93. The van der Waals surface area contributed by atoms with Crippen molar-refractivity contribution in [2.24, 2.45) is 0 Å². The van der Waals surface area contributed by atoms with Gasteiger partial charge in [0.05, 0.1) is 29.2 Å². The van der Waals surface area contributed by atoms with Gasteiger partial charge in [-0.3, -0.25) is 0 Å². The molecule has 5 nitrogen and oxygen atoms in total. The minimum absolute atomic E-state index is 0.227. The van der Waals surface area contributed by atoms with Crippen molar-refractivity contribution >= 4 is 27.5 Å². The lowest BCUT2D eigenvalue weighted by atomic mass is 9.93. The van der Waals surface area contributed by atoms with Crippen LogP contribution in [0.5, 0.6) is 11.6 Å². The molecule has 3 N–H and O–H groups in total. The molecule has 0 saturated heterocycles. The van der Waals surface area contributed by atoms with Crippen LogP contribution < -0.4 is 10.5 Å². The lowest BCUT2D eigenvalue weighted by molar-refractivity contribution is 0.283. The largest absolute Gasteiger partial charge is 0.496 e. The molecule has 5 rings (SSSR count). The summed E-state index contributed by atoms with van der Waals surface area (Å²) >= 11 is 0.